The van der Waals surface area contributed by atoms with Crippen LogP contribution in [0.2, 0.25) is 0 Å². The molecule has 4 rings (SSSR count). The normalized spacial score (nSPS) is 11.2. The van der Waals surface area contributed by atoms with Crippen molar-refractivity contribution >= 4 is 48.0 Å². The summed E-state index contributed by atoms with van der Waals surface area (Å²) in [6.07, 6.45) is -1.39. The number of nitrogens with one attached hydrogen (secondary N) is 4. The van der Waals surface area contributed by atoms with E-state index in [4.69, 9.17) is 18.9 Å². The largest absolute Gasteiger partial charge is 0.480 e. The van der Waals surface area contributed by atoms with Crippen LogP contribution in [0.15, 0.2) is 113 Å². The average Bonchev–Trinajstić information content (AvgIpc) is 3.25. The predicted octanol–water partition coefficient (Wildman–Crippen LogP) is 5.18. The zero-order valence-corrected chi connectivity index (χ0v) is 35.7. The lowest BCUT2D eigenvalue weighted by Gasteiger charge is -2.28. The summed E-state index contributed by atoms with van der Waals surface area (Å²) in [5, 5.41) is 19.6. The third kappa shape index (κ3) is 19.3. The zero-order chi connectivity index (χ0) is 46.3. The van der Waals surface area contributed by atoms with Gasteiger partial charge in [-0.2, -0.15) is 4.98 Å². The lowest BCUT2D eigenvalue weighted by Crippen LogP contribution is -2.49. The van der Waals surface area contributed by atoms with Gasteiger partial charge in [0.15, 0.2) is 0 Å². The van der Waals surface area contributed by atoms with Crippen molar-refractivity contribution in [3.05, 3.63) is 130 Å². The first-order valence-corrected chi connectivity index (χ1v) is 20.2. The zero-order valence-electron chi connectivity index (χ0n) is 35.7. The van der Waals surface area contributed by atoms with Gasteiger partial charge in [0.1, 0.15) is 44.3 Å². The van der Waals surface area contributed by atoms with E-state index in [9.17, 15) is 38.7 Å². The number of carbonyl (C=O) groups is 6. The quantitative estimate of drug-likeness (QED) is 0.0353. The highest BCUT2D eigenvalue weighted by Crippen LogP contribution is 2.11. The third-order valence-corrected chi connectivity index (χ3v) is 8.56. The summed E-state index contributed by atoms with van der Waals surface area (Å²) in [5.74, 6) is -2.51. The number of unbranched alkanes of at least 4 members (excludes halogenated alkanes) is 1. The molecule has 64 heavy (non-hydrogen) atoms. The van der Waals surface area contributed by atoms with Gasteiger partial charge in [-0.25, -0.2) is 24.0 Å². The summed E-state index contributed by atoms with van der Waals surface area (Å²) in [5.41, 5.74) is 0.420. The first-order chi connectivity index (χ1) is 30.6. The maximum Gasteiger partial charge on any atom is 0.414 e. The van der Waals surface area contributed by atoms with E-state index in [-0.39, 0.29) is 51.1 Å². The Hall–Kier alpha value is -7.77. The molecule has 0 saturated carbocycles. The summed E-state index contributed by atoms with van der Waals surface area (Å²) in [4.78, 5) is 97.9. The number of hydrogen-bond acceptors (Lipinski definition) is 13. The van der Waals surface area contributed by atoms with Crippen molar-refractivity contribution in [1.29, 1.82) is 0 Å². The number of amides is 5. The van der Waals surface area contributed by atoms with Gasteiger partial charge in [-0.3, -0.25) is 35.1 Å². The van der Waals surface area contributed by atoms with Crippen molar-refractivity contribution in [3.8, 4) is 0 Å². The molecular formula is C44H52N8O12. The number of carboxylic acid groups (broad SMARTS) is 1. The Labute approximate surface area is 369 Å². The monoisotopic (exact) mass is 884 g/mol. The number of carboxylic acids is 1. The number of benzene rings is 3. The van der Waals surface area contributed by atoms with E-state index in [1.54, 1.807) is 93.6 Å². The SMILES string of the molecule is CC(C)(C)OC(=O)N[C@@H](CCCCN=C(NC(=O)OCc1ccccc1)NC(=O)OCc1ccccc1)CN(CC(=O)O)C(=O)Cn1ccc(NC(=O)OCc2ccccc2)nc1=O. The first kappa shape index (κ1) is 48.9. The molecule has 0 aliphatic heterocycles. The van der Waals surface area contributed by atoms with Gasteiger partial charge >= 0.3 is 36.0 Å². The van der Waals surface area contributed by atoms with E-state index in [2.05, 4.69) is 31.2 Å². The number of guanidine groups is 1. The Balaban J connectivity index is 1.39. The van der Waals surface area contributed by atoms with Crippen molar-refractivity contribution in [2.75, 3.05) is 25.0 Å². The van der Waals surface area contributed by atoms with Crippen LogP contribution in [0.1, 0.15) is 56.7 Å². The lowest BCUT2D eigenvalue weighted by atomic mass is 10.1. The van der Waals surface area contributed by atoms with E-state index in [0.29, 0.717) is 12.8 Å². The van der Waals surface area contributed by atoms with Crippen molar-refractivity contribution in [2.24, 2.45) is 4.99 Å². The number of anilines is 1. The Kier molecular flexibility index (Phi) is 19.3. The number of aromatic nitrogens is 2. The van der Waals surface area contributed by atoms with Crippen molar-refractivity contribution < 1.29 is 52.8 Å². The summed E-state index contributed by atoms with van der Waals surface area (Å²) < 4.78 is 22.1. The maximum absolute atomic E-state index is 13.5. The van der Waals surface area contributed by atoms with Gasteiger partial charge < -0.3 is 34.3 Å². The summed E-state index contributed by atoms with van der Waals surface area (Å²) in [7, 11) is 0. The Bertz CT molecular complexity index is 2190. The second kappa shape index (κ2) is 25.2. The minimum absolute atomic E-state index is 0.0207. The number of aliphatic imine (C=N–C) groups is 1. The molecule has 0 spiro atoms. The van der Waals surface area contributed by atoms with E-state index in [1.165, 1.54) is 12.3 Å². The fourth-order valence-corrected chi connectivity index (χ4v) is 5.61. The van der Waals surface area contributed by atoms with Gasteiger partial charge in [-0.15, -0.1) is 0 Å². The first-order valence-electron chi connectivity index (χ1n) is 20.2. The molecule has 0 unspecified atom stereocenters. The van der Waals surface area contributed by atoms with Crippen LogP contribution in [0.5, 0.6) is 0 Å². The average molecular weight is 885 g/mol. The van der Waals surface area contributed by atoms with Crippen LogP contribution in [0.3, 0.4) is 0 Å². The van der Waals surface area contributed by atoms with E-state index in [0.717, 1.165) is 26.2 Å². The van der Waals surface area contributed by atoms with Gasteiger partial charge in [0.25, 0.3) is 0 Å². The van der Waals surface area contributed by atoms with Gasteiger partial charge in [-0.1, -0.05) is 91.0 Å². The molecule has 4 aromatic rings. The minimum Gasteiger partial charge on any atom is -0.480 e. The Morgan fingerprint density at radius 1 is 0.734 bits per heavy atom. The highest BCUT2D eigenvalue weighted by atomic mass is 16.6. The molecule has 0 aliphatic carbocycles. The molecule has 20 nitrogen and oxygen atoms in total. The molecule has 3 aromatic carbocycles. The summed E-state index contributed by atoms with van der Waals surface area (Å²) >= 11 is 0. The second-order valence-corrected chi connectivity index (χ2v) is 15.0. The number of alkyl carbamates (subject to hydrolysis) is 3. The highest BCUT2D eigenvalue weighted by molar-refractivity contribution is 6.01. The van der Waals surface area contributed by atoms with Crippen LogP contribution < -0.4 is 27.0 Å². The Morgan fingerprint density at radius 3 is 1.73 bits per heavy atom. The van der Waals surface area contributed by atoms with E-state index in [1.807, 2.05) is 18.2 Å². The fraction of sp³-hybridized carbons (Fsp3) is 0.341. The fourth-order valence-electron chi connectivity index (χ4n) is 5.61. The third-order valence-electron chi connectivity index (χ3n) is 8.56. The van der Waals surface area contributed by atoms with Crippen LogP contribution in [-0.4, -0.2) is 93.0 Å². The van der Waals surface area contributed by atoms with Crippen LogP contribution in [0.4, 0.5) is 25.0 Å². The van der Waals surface area contributed by atoms with Crippen LogP contribution in [0, 0.1) is 0 Å². The predicted molar refractivity (Wildman–Crippen MR) is 232 cm³/mol. The maximum atomic E-state index is 13.5. The van der Waals surface area contributed by atoms with Gasteiger partial charge in [0, 0.05) is 25.3 Å². The molecular weight excluding hydrogens is 833 g/mol. The smallest absolute Gasteiger partial charge is 0.414 e. The topological polar surface area (TPSA) is 258 Å². The number of nitrogens with zero attached hydrogens (tertiary/aromatic N) is 4. The molecule has 0 fully saturated rings. The molecule has 0 aliphatic rings. The molecule has 1 aromatic heterocycles. The van der Waals surface area contributed by atoms with E-state index < -0.39 is 66.7 Å². The highest BCUT2D eigenvalue weighted by Gasteiger charge is 2.25. The minimum atomic E-state index is -1.35. The standard InChI is InChI=1S/C44H52N8O12/c1-44(2,3)64-43(60)46-34(25-52(27-37(54)55)36(53)26-51-24-22-35(47-39(51)56)48-40(57)61-28-31-15-7-4-8-16-31)21-13-14-23-45-38(49-41(58)62-29-32-17-9-5-10-18-32)50-42(59)63-30-33-19-11-6-12-20-33/h4-12,15-20,22,24,34H,13-14,21,23,25-30H2,1-3H3,(H,46,60)(H,54,55)(H,47,48,56,57)(H2,45,49,50,58,59)/t34-/m0/s1. The van der Waals surface area contributed by atoms with Gasteiger partial charge in [-0.05, 0) is 62.8 Å². The van der Waals surface area contributed by atoms with Crippen LogP contribution in [-0.2, 0) is 54.9 Å². The lowest BCUT2D eigenvalue weighted by molar-refractivity contribution is -0.145. The van der Waals surface area contributed by atoms with Crippen molar-refractivity contribution in [3.63, 3.8) is 0 Å². The molecule has 20 heteroatoms. The summed E-state index contributed by atoms with van der Waals surface area (Å²) in [6, 6.07) is 27.2. The molecule has 1 heterocycles. The van der Waals surface area contributed by atoms with Crippen LogP contribution in [0.25, 0.3) is 0 Å². The van der Waals surface area contributed by atoms with Crippen molar-refractivity contribution in [2.45, 2.75) is 78.0 Å². The number of ether oxygens (including phenoxy) is 4. The summed E-state index contributed by atoms with van der Waals surface area (Å²) in [6.45, 7) is 3.24. The van der Waals surface area contributed by atoms with Crippen LogP contribution >= 0.6 is 0 Å². The number of hydrogen-bond donors (Lipinski definition) is 5. The number of rotatable bonds is 19. The number of carbonyl (C=O) groups excluding carboxylic acids is 5. The molecule has 5 N–H and O–H groups in total. The molecule has 0 bridgehead atoms. The van der Waals surface area contributed by atoms with Gasteiger partial charge in [0.05, 0.1) is 0 Å². The number of aliphatic carboxylic acids is 1. The Morgan fingerprint density at radius 2 is 1.25 bits per heavy atom. The van der Waals surface area contributed by atoms with Gasteiger partial charge in [0.2, 0.25) is 11.9 Å². The molecule has 5 amide bonds. The molecule has 0 radical (unpaired) electrons. The molecule has 1 atom stereocenters. The molecule has 0 saturated heterocycles. The van der Waals surface area contributed by atoms with Crippen molar-refractivity contribution in [1.82, 2.24) is 30.4 Å². The second-order valence-electron chi connectivity index (χ2n) is 15.0. The molecule has 340 valence electrons. The van der Waals surface area contributed by atoms with E-state index >= 15 is 0 Å².